The van der Waals surface area contributed by atoms with Crippen molar-refractivity contribution < 1.29 is 9.59 Å². The molecule has 0 spiro atoms. The van der Waals surface area contributed by atoms with E-state index < -0.39 is 0 Å². The van der Waals surface area contributed by atoms with Crippen LogP contribution in [0.1, 0.15) is 61.0 Å². The molecule has 0 unspecified atom stereocenters. The third kappa shape index (κ3) is 4.39. The SMILES string of the molecule is Cc1nn(C)c(C)c1CCC(=O)NC[C@@]12CCC[C@H]1N(Cc1ccccc1)C(=O)CC2. The van der Waals surface area contributed by atoms with Crippen molar-refractivity contribution in [2.75, 3.05) is 6.54 Å². The Balaban J connectivity index is 1.38. The molecule has 1 aromatic carbocycles. The monoisotopic (exact) mass is 422 g/mol. The van der Waals surface area contributed by atoms with Crippen molar-refractivity contribution in [1.82, 2.24) is 20.0 Å². The van der Waals surface area contributed by atoms with E-state index in [4.69, 9.17) is 0 Å². The molecule has 0 radical (unpaired) electrons. The van der Waals surface area contributed by atoms with E-state index in [1.54, 1.807) is 0 Å². The molecule has 1 N–H and O–H groups in total. The standard InChI is InChI=1S/C25H34N4O2/c1-18-21(19(2)28(3)27-18)11-12-23(30)26-17-25-14-7-10-22(25)29(24(31)13-15-25)16-20-8-5-4-6-9-20/h4-6,8-9,22H,7,10-17H2,1-3H3,(H,26,30)/t22-,25+/m1/s1. The van der Waals surface area contributed by atoms with Crippen LogP contribution in [0.5, 0.6) is 0 Å². The van der Waals surface area contributed by atoms with Gasteiger partial charge in [-0.25, -0.2) is 0 Å². The zero-order valence-corrected chi connectivity index (χ0v) is 19.0. The zero-order valence-electron chi connectivity index (χ0n) is 19.0. The van der Waals surface area contributed by atoms with E-state index in [2.05, 4.69) is 34.4 Å². The first kappa shape index (κ1) is 21.6. The van der Waals surface area contributed by atoms with Gasteiger partial charge >= 0.3 is 0 Å². The highest BCUT2D eigenvalue weighted by Crippen LogP contribution is 2.48. The number of nitrogens with zero attached hydrogens (tertiary/aromatic N) is 3. The first-order chi connectivity index (χ1) is 14.9. The Labute approximate surface area is 185 Å². The van der Waals surface area contributed by atoms with Gasteiger partial charge in [-0.2, -0.15) is 5.10 Å². The number of nitrogens with one attached hydrogen (secondary N) is 1. The first-order valence-electron chi connectivity index (χ1n) is 11.5. The van der Waals surface area contributed by atoms with Crippen LogP contribution in [0.25, 0.3) is 0 Å². The second-order valence-corrected chi connectivity index (χ2v) is 9.33. The fourth-order valence-corrected chi connectivity index (χ4v) is 5.63. The third-order valence-electron chi connectivity index (χ3n) is 7.49. The second-order valence-electron chi connectivity index (χ2n) is 9.33. The molecule has 166 valence electrons. The molecule has 1 saturated carbocycles. The predicted molar refractivity (Wildman–Crippen MR) is 120 cm³/mol. The topological polar surface area (TPSA) is 67.2 Å². The summed E-state index contributed by atoms with van der Waals surface area (Å²) in [5.41, 5.74) is 4.49. The Hall–Kier alpha value is -2.63. The number of fused-ring (bicyclic) bond motifs is 1. The summed E-state index contributed by atoms with van der Waals surface area (Å²) in [7, 11) is 1.94. The molecular formula is C25H34N4O2. The molecule has 1 aliphatic carbocycles. The molecule has 4 rings (SSSR count). The van der Waals surface area contributed by atoms with Crippen LogP contribution in [-0.2, 0) is 29.6 Å². The van der Waals surface area contributed by atoms with Crippen molar-refractivity contribution in [3.63, 3.8) is 0 Å². The van der Waals surface area contributed by atoms with Gasteiger partial charge in [-0.3, -0.25) is 14.3 Å². The highest BCUT2D eigenvalue weighted by atomic mass is 16.2. The van der Waals surface area contributed by atoms with Crippen LogP contribution in [0, 0.1) is 19.3 Å². The molecule has 2 atom stereocenters. The van der Waals surface area contributed by atoms with E-state index in [0.717, 1.165) is 37.1 Å². The Morgan fingerprint density at radius 1 is 1.23 bits per heavy atom. The number of hydrogen-bond donors (Lipinski definition) is 1. The molecule has 2 amide bonds. The number of aromatic nitrogens is 2. The quantitative estimate of drug-likeness (QED) is 0.743. The average molecular weight is 423 g/mol. The van der Waals surface area contributed by atoms with Gasteiger partial charge in [0.2, 0.25) is 11.8 Å². The lowest BCUT2D eigenvalue weighted by molar-refractivity contribution is -0.142. The van der Waals surface area contributed by atoms with Crippen LogP contribution < -0.4 is 5.32 Å². The summed E-state index contributed by atoms with van der Waals surface area (Å²) < 4.78 is 1.88. The predicted octanol–water partition coefficient (Wildman–Crippen LogP) is 3.45. The lowest BCUT2D eigenvalue weighted by Crippen LogP contribution is -2.55. The van der Waals surface area contributed by atoms with E-state index in [1.165, 1.54) is 11.1 Å². The Morgan fingerprint density at radius 3 is 2.71 bits per heavy atom. The Kier molecular flexibility index (Phi) is 6.17. The summed E-state index contributed by atoms with van der Waals surface area (Å²) in [6.45, 7) is 5.39. The molecule has 2 aromatic rings. The van der Waals surface area contributed by atoms with Crippen molar-refractivity contribution in [3.8, 4) is 0 Å². The van der Waals surface area contributed by atoms with Gasteiger partial charge < -0.3 is 10.2 Å². The largest absolute Gasteiger partial charge is 0.355 e. The number of aryl methyl sites for hydroxylation is 2. The molecule has 1 aromatic heterocycles. The van der Waals surface area contributed by atoms with Gasteiger partial charge in [0, 0.05) is 50.1 Å². The summed E-state index contributed by atoms with van der Waals surface area (Å²) in [6.07, 6.45) is 5.87. The molecular weight excluding hydrogens is 388 g/mol. The van der Waals surface area contributed by atoms with Crippen LogP contribution in [0.2, 0.25) is 0 Å². The maximum atomic E-state index is 12.8. The van der Waals surface area contributed by atoms with Crippen molar-refractivity contribution in [2.45, 2.75) is 71.4 Å². The summed E-state index contributed by atoms with van der Waals surface area (Å²) in [4.78, 5) is 27.6. The summed E-state index contributed by atoms with van der Waals surface area (Å²) in [5.74, 6) is 0.342. The van der Waals surface area contributed by atoms with Crippen molar-refractivity contribution in [3.05, 3.63) is 52.8 Å². The number of amides is 2. The van der Waals surface area contributed by atoms with E-state index in [9.17, 15) is 9.59 Å². The van der Waals surface area contributed by atoms with Crippen LogP contribution in [-0.4, -0.2) is 39.1 Å². The normalized spacial score (nSPS) is 23.1. The summed E-state index contributed by atoms with van der Waals surface area (Å²) in [5, 5.41) is 7.67. The molecule has 0 bridgehead atoms. The minimum Gasteiger partial charge on any atom is -0.355 e. The smallest absolute Gasteiger partial charge is 0.223 e. The van der Waals surface area contributed by atoms with Gasteiger partial charge in [-0.1, -0.05) is 36.8 Å². The minimum atomic E-state index is 0.0124. The number of rotatable bonds is 7. The number of carbonyl (C=O) groups is 2. The van der Waals surface area contributed by atoms with Crippen LogP contribution in [0.3, 0.4) is 0 Å². The molecule has 2 heterocycles. The molecule has 31 heavy (non-hydrogen) atoms. The van der Waals surface area contributed by atoms with Crippen LogP contribution in [0.15, 0.2) is 30.3 Å². The summed E-state index contributed by atoms with van der Waals surface area (Å²) >= 11 is 0. The van der Waals surface area contributed by atoms with E-state index >= 15 is 0 Å². The minimum absolute atomic E-state index is 0.0124. The average Bonchev–Trinajstić information content (AvgIpc) is 3.29. The van der Waals surface area contributed by atoms with Crippen LogP contribution >= 0.6 is 0 Å². The van der Waals surface area contributed by atoms with Crippen molar-refractivity contribution >= 4 is 11.8 Å². The molecule has 6 nitrogen and oxygen atoms in total. The fraction of sp³-hybridized carbons (Fsp3) is 0.560. The van der Waals surface area contributed by atoms with E-state index in [0.29, 0.717) is 32.4 Å². The van der Waals surface area contributed by atoms with E-state index in [1.807, 2.05) is 36.9 Å². The van der Waals surface area contributed by atoms with Gasteiger partial charge in [0.25, 0.3) is 0 Å². The van der Waals surface area contributed by atoms with Crippen molar-refractivity contribution in [1.29, 1.82) is 0 Å². The maximum Gasteiger partial charge on any atom is 0.223 e. The second kappa shape index (κ2) is 8.85. The number of likely N-dealkylation sites (tertiary alicyclic amines) is 1. The Morgan fingerprint density at radius 2 is 2.00 bits per heavy atom. The first-order valence-corrected chi connectivity index (χ1v) is 11.5. The van der Waals surface area contributed by atoms with Gasteiger partial charge in [0.05, 0.1) is 5.69 Å². The highest BCUT2D eigenvalue weighted by Gasteiger charge is 2.50. The van der Waals surface area contributed by atoms with Gasteiger partial charge in [0.1, 0.15) is 0 Å². The third-order valence-corrected chi connectivity index (χ3v) is 7.49. The fourth-order valence-electron chi connectivity index (χ4n) is 5.63. The molecule has 2 aliphatic rings. The Bertz CT molecular complexity index is 952. The molecule has 6 heteroatoms. The molecule has 2 fully saturated rings. The molecule has 1 saturated heterocycles. The molecule has 1 aliphatic heterocycles. The number of hydrogen-bond acceptors (Lipinski definition) is 3. The number of piperidine rings is 1. The zero-order chi connectivity index (χ0) is 22.0. The number of benzene rings is 1. The summed E-state index contributed by atoms with van der Waals surface area (Å²) in [6, 6.07) is 10.4. The highest BCUT2D eigenvalue weighted by molar-refractivity contribution is 5.78. The van der Waals surface area contributed by atoms with Crippen molar-refractivity contribution in [2.24, 2.45) is 12.5 Å². The lowest BCUT2D eigenvalue weighted by Gasteiger charge is -2.46. The van der Waals surface area contributed by atoms with Crippen LogP contribution in [0.4, 0.5) is 0 Å². The maximum absolute atomic E-state index is 12.8. The lowest BCUT2D eigenvalue weighted by atomic mass is 9.74. The van der Waals surface area contributed by atoms with Gasteiger partial charge in [0.15, 0.2) is 0 Å². The van der Waals surface area contributed by atoms with Gasteiger partial charge in [-0.05, 0) is 50.7 Å². The van der Waals surface area contributed by atoms with E-state index in [-0.39, 0.29) is 23.3 Å². The number of carbonyl (C=O) groups excluding carboxylic acids is 2. The van der Waals surface area contributed by atoms with Gasteiger partial charge in [-0.15, -0.1) is 0 Å².